The van der Waals surface area contributed by atoms with Crippen molar-refractivity contribution < 1.29 is 8.78 Å². The summed E-state index contributed by atoms with van der Waals surface area (Å²) in [5.41, 5.74) is 8.51. The molecule has 1 aliphatic rings. The number of rotatable bonds is 5. The third-order valence-electron chi connectivity index (χ3n) is 7.46. The number of benzene rings is 1. The molecule has 5 rings (SSSR count). The molecule has 1 saturated carbocycles. The molecule has 1 fully saturated rings. The fourth-order valence-corrected chi connectivity index (χ4v) is 5.50. The molecule has 6 nitrogen and oxygen atoms in total. The van der Waals surface area contributed by atoms with Gasteiger partial charge in [-0.05, 0) is 92.0 Å². The number of pyridine rings is 1. The van der Waals surface area contributed by atoms with Gasteiger partial charge in [0, 0.05) is 24.9 Å². The van der Waals surface area contributed by atoms with Crippen molar-refractivity contribution in [2.24, 2.45) is 11.7 Å². The topological polar surface area (TPSA) is 92.9 Å². The third kappa shape index (κ3) is 4.84. The predicted octanol–water partition coefficient (Wildman–Crippen LogP) is 5.69. The van der Waals surface area contributed by atoms with Gasteiger partial charge in [0.1, 0.15) is 17.5 Å². The van der Waals surface area contributed by atoms with E-state index >= 15 is 8.78 Å². The number of nitrogens with two attached hydrogens (primary N) is 1. The highest BCUT2D eigenvalue weighted by molar-refractivity contribution is 5.63. The number of aromatic nitrogens is 4. The lowest BCUT2D eigenvalue weighted by atomic mass is 9.75. The molecular weight excluding hydrogens is 470 g/mol. The fraction of sp³-hybridized carbons (Fsp3) is 0.379. The summed E-state index contributed by atoms with van der Waals surface area (Å²) in [5, 5.41) is 13.9. The van der Waals surface area contributed by atoms with E-state index in [4.69, 9.17) is 5.73 Å². The molecule has 4 aromatic rings. The minimum atomic E-state index is -1.02. The Kier molecular flexibility index (Phi) is 6.50. The van der Waals surface area contributed by atoms with E-state index < -0.39 is 17.0 Å². The molecule has 0 unspecified atom stereocenters. The molecule has 2 N–H and O–H groups in total. The summed E-state index contributed by atoms with van der Waals surface area (Å²) in [6.07, 6.45) is 8.90. The minimum absolute atomic E-state index is 0.154. The lowest BCUT2D eigenvalue weighted by Gasteiger charge is -2.32. The number of nitrogens with zero attached hydrogens (tertiary/aromatic N) is 5. The van der Waals surface area contributed by atoms with Gasteiger partial charge in [0.05, 0.1) is 34.5 Å². The highest BCUT2D eigenvalue weighted by Gasteiger charge is 2.28. The fourth-order valence-electron chi connectivity index (χ4n) is 5.50. The van der Waals surface area contributed by atoms with Crippen molar-refractivity contribution in [2.75, 3.05) is 0 Å². The quantitative estimate of drug-likeness (QED) is 0.380. The maximum atomic E-state index is 15.1. The monoisotopic (exact) mass is 500 g/mol. The van der Waals surface area contributed by atoms with Crippen molar-refractivity contribution in [3.8, 4) is 17.3 Å². The SMILES string of the molecule is C[C@@H]1C[C@H](N)C[C@H](c2ccncc2Cc2ncc3ccc(-c4c(F)cc(C(C)(C)C#N)cc4F)nn23)C1. The number of nitriles is 1. The van der Waals surface area contributed by atoms with Gasteiger partial charge in [-0.1, -0.05) is 6.92 Å². The predicted molar refractivity (Wildman–Crippen MR) is 138 cm³/mol. The Morgan fingerprint density at radius 1 is 1.11 bits per heavy atom. The van der Waals surface area contributed by atoms with Crippen molar-refractivity contribution in [3.63, 3.8) is 0 Å². The van der Waals surface area contributed by atoms with Gasteiger partial charge in [0.25, 0.3) is 0 Å². The zero-order valence-corrected chi connectivity index (χ0v) is 21.2. The normalized spacial score (nSPS) is 20.2. The largest absolute Gasteiger partial charge is 0.328 e. The van der Waals surface area contributed by atoms with E-state index in [1.54, 1.807) is 36.7 Å². The molecule has 8 heteroatoms. The Morgan fingerprint density at radius 2 is 1.86 bits per heavy atom. The highest BCUT2D eigenvalue weighted by atomic mass is 19.1. The van der Waals surface area contributed by atoms with E-state index in [1.165, 1.54) is 17.7 Å². The molecule has 190 valence electrons. The van der Waals surface area contributed by atoms with Gasteiger partial charge in [-0.3, -0.25) is 4.98 Å². The lowest BCUT2D eigenvalue weighted by Crippen LogP contribution is -2.31. The highest BCUT2D eigenvalue weighted by Crippen LogP contribution is 2.37. The van der Waals surface area contributed by atoms with Crippen LogP contribution in [0.4, 0.5) is 8.78 Å². The second-order valence-electron chi connectivity index (χ2n) is 10.8. The molecule has 1 aromatic carbocycles. The first-order valence-corrected chi connectivity index (χ1v) is 12.6. The average Bonchev–Trinajstić information content (AvgIpc) is 3.25. The maximum Gasteiger partial charge on any atom is 0.135 e. The molecule has 0 bridgehead atoms. The Balaban J connectivity index is 1.51. The second kappa shape index (κ2) is 9.64. The van der Waals surface area contributed by atoms with Crippen LogP contribution in [0.2, 0.25) is 0 Å². The van der Waals surface area contributed by atoms with Gasteiger partial charge >= 0.3 is 0 Å². The summed E-state index contributed by atoms with van der Waals surface area (Å²) < 4.78 is 31.9. The second-order valence-corrected chi connectivity index (χ2v) is 10.8. The summed E-state index contributed by atoms with van der Waals surface area (Å²) in [5.74, 6) is 0.0441. The Hall–Kier alpha value is -3.70. The van der Waals surface area contributed by atoms with E-state index in [0.29, 0.717) is 24.1 Å². The van der Waals surface area contributed by atoms with Crippen LogP contribution >= 0.6 is 0 Å². The summed E-state index contributed by atoms with van der Waals surface area (Å²) in [7, 11) is 0. The van der Waals surface area contributed by atoms with Crippen LogP contribution in [0.15, 0.2) is 48.9 Å². The molecule has 0 spiro atoms. The molecule has 3 heterocycles. The van der Waals surface area contributed by atoms with Crippen LogP contribution in [0, 0.1) is 28.9 Å². The van der Waals surface area contributed by atoms with Crippen molar-refractivity contribution >= 4 is 5.52 Å². The lowest BCUT2D eigenvalue weighted by molar-refractivity contribution is 0.307. The smallest absolute Gasteiger partial charge is 0.135 e. The van der Waals surface area contributed by atoms with E-state index in [-0.39, 0.29) is 22.9 Å². The third-order valence-corrected chi connectivity index (χ3v) is 7.46. The summed E-state index contributed by atoms with van der Waals surface area (Å²) in [4.78, 5) is 8.92. The van der Waals surface area contributed by atoms with E-state index in [0.717, 1.165) is 30.3 Å². The number of hydrogen-bond acceptors (Lipinski definition) is 5. The van der Waals surface area contributed by atoms with Gasteiger partial charge in [-0.25, -0.2) is 18.3 Å². The van der Waals surface area contributed by atoms with Crippen LogP contribution in [0.5, 0.6) is 0 Å². The molecule has 0 aliphatic heterocycles. The van der Waals surface area contributed by atoms with Crippen LogP contribution in [0.25, 0.3) is 16.8 Å². The van der Waals surface area contributed by atoms with E-state index in [2.05, 4.69) is 34.1 Å². The molecule has 3 aromatic heterocycles. The zero-order chi connectivity index (χ0) is 26.3. The van der Waals surface area contributed by atoms with Crippen LogP contribution in [0.3, 0.4) is 0 Å². The standard InChI is InChI=1S/C29H30F2N6/c1-17-8-18(10-21(33)9-17)23-6-7-34-14-19(23)11-27-35-15-22-4-5-26(36-37(22)27)28-24(30)12-20(13-25(28)31)29(2,3)16-32/h4-7,12-15,17-18,21H,8-11,33H2,1-3H3/t17-,18+,21-/m0/s1. The maximum absolute atomic E-state index is 15.1. The summed E-state index contributed by atoms with van der Waals surface area (Å²) >= 11 is 0. The Bertz CT molecular complexity index is 1470. The molecule has 0 radical (unpaired) electrons. The summed E-state index contributed by atoms with van der Waals surface area (Å²) in [6.45, 7) is 5.49. The number of fused-ring (bicyclic) bond motifs is 1. The molecule has 0 amide bonds. The first-order valence-electron chi connectivity index (χ1n) is 12.6. The van der Waals surface area contributed by atoms with Gasteiger partial charge in [-0.15, -0.1) is 0 Å². The first kappa shape index (κ1) is 25.0. The van der Waals surface area contributed by atoms with Gasteiger partial charge in [0.2, 0.25) is 0 Å². The van der Waals surface area contributed by atoms with E-state index in [9.17, 15) is 5.26 Å². The first-order chi connectivity index (χ1) is 17.7. The van der Waals surface area contributed by atoms with Crippen molar-refractivity contribution in [2.45, 2.75) is 63.8 Å². The van der Waals surface area contributed by atoms with Crippen LogP contribution in [-0.2, 0) is 11.8 Å². The van der Waals surface area contributed by atoms with Crippen molar-refractivity contribution in [1.82, 2.24) is 19.6 Å². The number of halogens is 2. The van der Waals surface area contributed by atoms with Gasteiger partial charge < -0.3 is 5.73 Å². The molecular formula is C29H30F2N6. The molecule has 1 aliphatic carbocycles. The van der Waals surface area contributed by atoms with Gasteiger partial charge in [0.15, 0.2) is 0 Å². The Labute approximate surface area is 215 Å². The molecule has 37 heavy (non-hydrogen) atoms. The van der Waals surface area contributed by atoms with Crippen LogP contribution in [-0.4, -0.2) is 25.6 Å². The summed E-state index contributed by atoms with van der Waals surface area (Å²) in [6, 6.07) is 10.1. The van der Waals surface area contributed by atoms with Gasteiger partial charge in [-0.2, -0.15) is 10.4 Å². The average molecular weight is 501 g/mol. The Morgan fingerprint density at radius 3 is 2.57 bits per heavy atom. The molecule has 0 saturated heterocycles. The van der Waals surface area contributed by atoms with E-state index in [1.807, 2.05) is 12.4 Å². The number of hydrogen-bond donors (Lipinski definition) is 1. The van der Waals surface area contributed by atoms with Crippen LogP contribution < -0.4 is 5.73 Å². The van der Waals surface area contributed by atoms with Crippen molar-refractivity contribution in [1.29, 1.82) is 5.26 Å². The molecule has 3 atom stereocenters. The minimum Gasteiger partial charge on any atom is -0.328 e. The number of imidazole rings is 1. The van der Waals surface area contributed by atoms with Crippen molar-refractivity contribution in [3.05, 3.63) is 83.1 Å². The van der Waals surface area contributed by atoms with Crippen LogP contribution in [0.1, 0.15) is 68.5 Å². The zero-order valence-electron chi connectivity index (χ0n) is 21.2.